The molecular weight excluding hydrogens is 259 g/mol. The lowest BCUT2D eigenvalue weighted by molar-refractivity contribution is 0.122. The summed E-state index contributed by atoms with van der Waals surface area (Å²) in [5.74, 6) is 0.725. The Kier molecular flexibility index (Phi) is 3.47. The van der Waals surface area contributed by atoms with Crippen molar-refractivity contribution in [3.05, 3.63) is 36.3 Å². The Labute approximate surface area is 116 Å². The Morgan fingerprint density at radius 1 is 1.15 bits per heavy atom. The molecule has 5 nitrogen and oxygen atoms in total. The molecule has 1 aliphatic rings. The lowest BCUT2D eigenvalue weighted by Gasteiger charge is -2.26. The lowest BCUT2D eigenvalue weighted by Crippen LogP contribution is -2.37. The van der Waals surface area contributed by atoms with Crippen LogP contribution in [-0.4, -0.2) is 36.3 Å². The minimum Gasteiger partial charge on any atom is -0.383 e. The average molecular weight is 274 g/mol. The summed E-state index contributed by atoms with van der Waals surface area (Å²) in [6.07, 6.45) is 1.68. The number of halogens is 1. The molecule has 0 radical (unpaired) electrons. The maximum Gasteiger partial charge on any atom is 0.227 e. The van der Waals surface area contributed by atoms with Gasteiger partial charge in [-0.3, -0.25) is 0 Å². The van der Waals surface area contributed by atoms with E-state index in [1.165, 1.54) is 12.1 Å². The number of nitrogens with zero attached hydrogens (tertiary/aromatic N) is 3. The van der Waals surface area contributed by atoms with Gasteiger partial charge in [-0.1, -0.05) is 12.1 Å². The molecule has 0 saturated carbocycles. The average Bonchev–Trinajstić information content (AvgIpc) is 2.49. The monoisotopic (exact) mass is 274 g/mol. The van der Waals surface area contributed by atoms with Crippen LogP contribution in [0.3, 0.4) is 0 Å². The van der Waals surface area contributed by atoms with Crippen molar-refractivity contribution < 1.29 is 9.13 Å². The van der Waals surface area contributed by atoms with Crippen LogP contribution in [0.2, 0.25) is 0 Å². The van der Waals surface area contributed by atoms with Crippen molar-refractivity contribution >= 4 is 11.8 Å². The van der Waals surface area contributed by atoms with Gasteiger partial charge in [0.25, 0.3) is 0 Å². The minimum absolute atomic E-state index is 0.279. The summed E-state index contributed by atoms with van der Waals surface area (Å²) in [5.41, 5.74) is 7.51. The summed E-state index contributed by atoms with van der Waals surface area (Å²) in [7, 11) is 0. The van der Waals surface area contributed by atoms with Gasteiger partial charge in [0.05, 0.1) is 13.2 Å². The van der Waals surface area contributed by atoms with Crippen molar-refractivity contribution in [1.82, 2.24) is 9.97 Å². The first-order chi connectivity index (χ1) is 9.74. The van der Waals surface area contributed by atoms with Gasteiger partial charge in [0, 0.05) is 24.8 Å². The Hall–Kier alpha value is -2.21. The first kappa shape index (κ1) is 12.8. The van der Waals surface area contributed by atoms with E-state index in [0.29, 0.717) is 30.5 Å². The van der Waals surface area contributed by atoms with E-state index in [-0.39, 0.29) is 5.82 Å². The molecule has 1 fully saturated rings. The standard InChI is InChI=1S/C14H15FN4O/c15-11-3-1-10(2-4-11)12-9-17-14(18-13(12)16)19-5-7-20-8-6-19/h1-4,9H,5-8H2,(H2,16,17,18). The summed E-state index contributed by atoms with van der Waals surface area (Å²) in [6.45, 7) is 2.86. The van der Waals surface area contributed by atoms with Crippen molar-refractivity contribution in [2.45, 2.75) is 0 Å². The van der Waals surface area contributed by atoms with Crippen molar-refractivity contribution in [2.75, 3.05) is 36.9 Å². The molecule has 2 aromatic rings. The van der Waals surface area contributed by atoms with Crippen LogP contribution in [0.4, 0.5) is 16.2 Å². The third-order valence-corrected chi connectivity index (χ3v) is 3.25. The molecule has 3 rings (SSSR count). The molecule has 1 aromatic carbocycles. The van der Waals surface area contributed by atoms with Gasteiger partial charge in [-0.15, -0.1) is 0 Å². The third-order valence-electron chi connectivity index (χ3n) is 3.25. The molecule has 0 unspecified atom stereocenters. The molecular formula is C14H15FN4O. The Morgan fingerprint density at radius 3 is 2.50 bits per heavy atom. The van der Waals surface area contributed by atoms with Gasteiger partial charge in [0.1, 0.15) is 11.6 Å². The molecule has 1 saturated heterocycles. The molecule has 2 N–H and O–H groups in total. The van der Waals surface area contributed by atoms with Crippen molar-refractivity contribution in [2.24, 2.45) is 0 Å². The van der Waals surface area contributed by atoms with Gasteiger partial charge in [-0.25, -0.2) is 9.37 Å². The maximum atomic E-state index is 12.9. The molecule has 20 heavy (non-hydrogen) atoms. The smallest absolute Gasteiger partial charge is 0.227 e. The SMILES string of the molecule is Nc1nc(N2CCOCC2)ncc1-c1ccc(F)cc1. The molecule has 104 valence electrons. The van der Waals surface area contributed by atoms with Crippen LogP contribution < -0.4 is 10.6 Å². The number of benzene rings is 1. The largest absolute Gasteiger partial charge is 0.383 e. The molecule has 0 bridgehead atoms. The number of morpholine rings is 1. The highest BCUT2D eigenvalue weighted by Gasteiger charge is 2.15. The van der Waals surface area contributed by atoms with Crippen LogP contribution in [0.25, 0.3) is 11.1 Å². The van der Waals surface area contributed by atoms with Crippen LogP contribution in [0.5, 0.6) is 0 Å². The van der Waals surface area contributed by atoms with Crippen LogP contribution >= 0.6 is 0 Å². The summed E-state index contributed by atoms with van der Waals surface area (Å²) in [5, 5.41) is 0. The van der Waals surface area contributed by atoms with Crippen molar-refractivity contribution in [1.29, 1.82) is 0 Å². The van der Waals surface area contributed by atoms with Gasteiger partial charge in [0.2, 0.25) is 5.95 Å². The Bertz CT molecular complexity index is 597. The molecule has 1 aliphatic heterocycles. The van der Waals surface area contributed by atoms with Crippen LogP contribution in [-0.2, 0) is 4.74 Å². The highest BCUT2D eigenvalue weighted by Crippen LogP contribution is 2.25. The van der Waals surface area contributed by atoms with E-state index in [1.807, 2.05) is 4.90 Å². The van der Waals surface area contributed by atoms with E-state index in [0.717, 1.165) is 18.7 Å². The Balaban J connectivity index is 1.88. The molecule has 1 aromatic heterocycles. The fourth-order valence-corrected chi connectivity index (χ4v) is 2.15. The molecule has 0 atom stereocenters. The normalized spacial score (nSPS) is 15.3. The second-order valence-electron chi connectivity index (χ2n) is 4.58. The first-order valence-electron chi connectivity index (χ1n) is 6.45. The van der Waals surface area contributed by atoms with Gasteiger partial charge >= 0.3 is 0 Å². The topological polar surface area (TPSA) is 64.3 Å². The summed E-state index contributed by atoms with van der Waals surface area (Å²) < 4.78 is 18.2. The van der Waals surface area contributed by atoms with Gasteiger partial charge in [-0.2, -0.15) is 4.98 Å². The molecule has 6 heteroatoms. The number of hydrogen-bond acceptors (Lipinski definition) is 5. The summed E-state index contributed by atoms with van der Waals surface area (Å²) in [4.78, 5) is 10.7. The first-order valence-corrected chi connectivity index (χ1v) is 6.45. The molecule has 0 amide bonds. The predicted molar refractivity (Wildman–Crippen MR) is 74.9 cm³/mol. The van der Waals surface area contributed by atoms with E-state index in [9.17, 15) is 4.39 Å². The number of anilines is 2. The zero-order chi connectivity index (χ0) is 13.9. The number of nitrogen functional groups attached to an aromatic ring is 1. The summed E-state index contributed by atoms with van der Waals surface area (Å²) >= 11 is 0. The molecule has 0 aliphatic carbocycles. The van der Waals surface area contributed by atoms with E-state index in [2.05, 4.69) is 9.97 Å². The predicted octanol–water partition coefficient (Wildman–Crippen LogP) is 1.70. The molecule has 0 spiro atoms. The second-order valence-corrected chi connectivity index (χ2v) is 4.58. The van der Waals surface area contributed by atoms with Crippen LogP contribution in [0.15, 0.2) is 30.5 Å². The zero-order valence-electron chi connectivity index (χ0n) is 10.9. The van der Waals surface area contributed by atoms with E-state index in [1.54, 1.807) is 18.3 Å². The zero-order valence-corrected chi connectivity index (χ0v) is 10.9. The number of aromatic nitrogens is 2. The lowest BCUT2D eigenvalue weighted by atomic mass is 10.1. The number of hydrogen-bond donors (Lipinski definition) is 1. The number of nitrogens with two attached hydrogens (primary N) is 1. The number of ether oxygens (including phenoxy) is 1. The minimum atomic E-state index is -0.279. The van der Waals surface area contributed by atoms with E-state index in [4.69, 9.17) is 10.5 Å². The van der Waals surface area contributed by atoms with Crippen molar-refractivity contribution in [3.63, 3.8) is 0 Å². The van der Waals surface area contributed by atoms with Gasteiger partial charge in [0.15, 0.2) is 0 Å². The van der Waals surface area contributed by atoms with E-state index < -0.39 is 0 Å². The van der Waals surface area contributed by atoms with Crippen molar-refractivity contribution in [3.8, 4) is 11.1 Å². The van der Waals surface area contributed by atoms with Gasteiger partial charge in [-0.05, 0) is 17.7 Å². The fourth-order valence-electron chi connectivity index (χ4n) is 2.15. The van der Waals surface area contributed by atoms with E-state index >= 15 is 0 Å². The fraction of sp³-hybridized carbons (Fsp3) is 0.286. The second kappa shape index (κ2) is 5.42. The highest BCUT2D eigenvalue weighted by molar-refractivity contribution is 5.73. The number of rotatable bonds is 2. The highest BCUT2D eigenvalue weighted by atomic mass is 19.1. The van der Waals surface area contributed by atoms with Gasteiger partial charge < -0.3 is 15.4 Å². The van der Waals surface area contributed by atoms with Crippen LogP contribution in [0, 0.1) is 5.82 Å². The third kappa shape index (κ3) is 2.55. The molecule has 2 heterocycles. The Morgan fingerprint density at radius 2 is 1.85 bits per heavy atom. The van der Waals surface area contributed by atoms with Crippen LogP contribution in [0.1, 0.15) is 0 Å². The maximum absolute atomic E-state index is 12.9. The summed E-state index contributed by atoms with van der Waals surface area (Å²) in [6, 6.07) is 6.12. The quantitative estimate of drug-likeness (QED) is 0.903.